The summed E-state index contributed by atoms with van der Waals surface area (Å²) in [5.74, 6) is -0.295. The predicted molar refractivity (Wildman–Crippen MR) is 42.8 cm³/mol. The van der Waals surface area contributed by atoms with E-state index in [1.54, 1.807) is 5.38 Å². The number of halogens is 1. The molecule has 0 saturated heterocycles. The molecule has 0 unspecified atom stereocenters. The molecule has 0 fully saturated rings. The zero-order valence-corrected chi connectivity index (χ0v) is 7.41. The zero-order valence-electron chi connectivity index (χ0n) is 5.83. The van der Waals surface area contributed by atoms with Gasteiger partial charge < -0.3 is 4.74 Å². The van der Waals surface area contributed by atoms with Crippen LogP contribution < -0.4 is 0 Å². The van der Waals surface area contributed by atoms with E-state index in [9.17, 15) is 4.79 Å². The smallest absolute Gasteiger partial charge is 0.312 e. The molecule has 5 heteroatoms. The van der Waals surface area contributed by atoms with Crippen LogP contribution in [0.3, 0.4) is 0 Å². The van der Waals surface area contributed by atoms with Crippen molar-refractivity contribution in [3.05, 3.63) is 15.5 Å². The van der Waals surface area contributed by atoms with Crippen LogP contribution in [0.5, 0.6) is 0 Å². The Bertz CT molecular complexity index is 261. The lowest BCUT2D eigenvalue weighted by Gasteiger charge is -1.92. The first-order valence-electron chi connectivity index (χ1n) is 2.89. The number of carbonyl (C=O) groups excluding carboxylic acids is 1. The lowest BCUT2D eigenvalue weighted by Crippen LogP contribution is -2.03. The third-order valence-corrected chi connectivity index (χ3v) is 2.22. The second-order valence-corrected chi connectivity index (χ2v) is 3.15. The van der Waals surface area contributed by atoms with Gasteiger partial charge in [-0.3, -0.25) is 4.79 Å². The number of rotatable bonds is 2. The third-order valence-electron chi connectivity index (χ3n) is 1.05. The van der Waals surface area contributed by atoms with Crippen molar-refractivity contribution >= 4 is 28.9 Å². The zero-order chi connectivity index (χ0) is 8.27. The van der Waals surface area contributed by atoms with Gasteiger partial charge in [0.15, 0.2) is 0 Å². The molecule has 0 bridgehead atoms. The number of nitrogens with zero attached hydrogens (tertiary/aromatic N) is 1. The first kappa shape index (κ1) is 8.49. The SMILES string of the molecule is COC(=O)Cc1nc(Cl)cs1. The molecule has 11 heavy (non-hydrogen) atoms. The van der Waals surface area contributed by atoms with Crippen molar-refractivity contribution in [3.8, 4) is 0 Å². The number of carbonyl (C=O) groups is 1. The van der Waals surface area contributed by atoms with Crippen molar-refractivity contribution in [1.82, 2.24) is 4.98 Å². The van der Waals surface area contributed by atoms with E-state index in [4.69, 9.17) is 11.6 Å². The Morgan fingerprint density at radius 3 is 3.09 bits per heavy atom. The number of ether oxygens (including phenoxy) is 1. The molecule has 60 valence electrons. The van der Waals surface area contributed by atoms with Gasteiger partial charge in [-0.15, -0.1) is 11.3 Å². The van der Waals surface area contributed by atoms with Gasteiger partial charge in [-0.25, -0.2) is 4.98 Å². The molecule has 0 aromatic carbocycles. The van der Waals surface area contributed by atoms with Crippen LogP contribution in [0.1, 0.15) is 5.01 Å². The minimum Gasteiger partial charge on any atom is -0.469 e. The molecule has 0 spiro atoms. The summed E-state index contributed by atoms with van der Waals surface area (Å²) in [5, 5.41) is 2.79. The van der Waals surface area contributed by atoms with Crippen molar-refractivity contribution < 1.29 is 9.53 Å². The molecule has 0 N–H and O–H groups in total. The highest BCUT2D eigenvalue weighted by atomic mass is 35.5. The summed E-state index contributed by atoms with van der Waals surface area (Å²) in [6.45, 7) is 0. The second-order valence-electron chi connectivity index (χ2n) is 1.82. The predicted octanol–water partition coefficient (Wildman–Crippen LogP) is 1.51. The highest BCUT2D eigenvalue weighted by Gasteiger charge is 2.05. The molecule has 0 radical (unpaired) electrons. The largest absolute Gasteiger partial charge is 0.469 e. The maximum atomic E-state index is 10.7. The molecule has 1 rings (SSSR count). The number of aromatic nitrogens is 1. The molecule has 1 heterocycles. The van der Waals surface area contributed by atoms with Crippen LogP contribution in [0, 0.1) is 0 Å². The van der Waals surface area contributed by atoms with E-state index in [2.05, 4.69) is 9.72 Å². The van der Waals surface area contributed by atoms with Gasteiger partial charge in [-0.1, -0.05) is 11.6 Å². The fourth-order valence-corrected chi connectivity index (χ4v) is 1.49. The van der Waals surface area contributed by atoms with Gasteiger partial charge in [-0.05, 0) is 0 Å². The Morgan fingerprint density at radius 1 is 1.91 bits per heavy atom. The van der Waals surface area contributed by atoms with Gasteiger partial charge in [0.25, 0.3) is 0 Å². The Hall–Kier alpha value is -0.610. The Morgan fingerprint density at radius 2 is 2.64 bits per heavy atom. The lowest BCUT2D eigenvalue weighted by molar-refractivity contribution is -0.139. The van der Waals surface area contributed by atoms with Gasteiger partial charge in [0.1, 0.15) is 10.2 Å². The van der Waals surface area contributed by atoms with Crippen molar-refractivity contribution in [1.29, 1.82) is 0 Å². The van der Waals surface area contributed by atoms with Crippen LogP contribution >= 0.6 is 22.9 Å². The van der Waals surface area contributed by atoms with Crippen LogP contribution in [0.4, 0.5) is 0 Å². The van der Waals surface area contributed by atoms with Gasteiger partial charge >= 0.3 is 5.97 Å². The van der Waals surface area contributed by atoms with E-state index >= 15 is 0 Å². The molecule has 0 aliphatic rings. The van der Waals surface area contributed by atoms with Crippen molar-refractivity contribution in [2.24, 2.45) is 0 Å². The monoisotopic (exact) mass is 191 g/mol. The van der Waals surface area contributed by atoms with Crippen molar-refractivity contribution in [2.75, 3.05) is 7.11 Å². The van der Waals surface area contributed by atoms with Crippen LogP contribution in [0.15, 0.2) is 5.38 Å². The molecule has 0 amide bonds. The number of hydrogen-bond donors (Lipinski definition) is 0. The summed E-state index contributed by atoms with van der Waals surface area (Å²) in [5.41, 5.74) is 0. The maximum absolute atomic E-state index is 10.7. The summed E-state index contributed by atoms with van der Waals surface area (Å²) in [7, 11) is 1.34. The van der Waals surface area contributed by atoms with Crippen LogP contribution in [0.25, 0.3) is 0 Å². The summed E-state index contributed by atoms with van der Waals surface area (Å²) in [4.78, 5) is 14.6. The highest BCUT2D eigenvalue weighted by Crippen LogP contribution is 2.14. The summed E-state index contributed by atoms with van der Waals surface area (Å²) < 4.78 is 4.45. The van der Waals surface area contributed by atoms with Crippen LogP contribution in [-0.2, 0) is 16.0 Å². The van der Waals surface area contributed by atoms with Gasteiger partial charge in [0.05, 0.1) is 13.5 Å². The number of thiazole rings is 1. The summed E-state index contributed by atoms with van der Waals surface area (Å²) in [6.07, 6.45) is 0.202. The Balaban J connectivity index is 2.57. The fraction of sp³-hybridized carbons (Fsp3) is 0.333. The topological polar surface area (TPSA) is 39.2 Å². The first-order valence-corrected chi connectivity index (χ1v) is 4.15. The quantitative estimate of drug-likeness (QED) is 0.666. The van der Waals surface area contributed by atoms with Gasteiger partial charge in [-0.2, -0.15) is 0 Å². The summed E-state index contributed by atoms with van der Waals surface area (Å²) >= 11 is 6.88. The van der Waals surface area contributed by atoms with Gasteiger partial charge in [0, 0.05) is 5.38 Å². The lowest BCUT2D eigenvalue weighted by atomic mass is 10.5. The Labute approximate surface area is 73.0 Å². The van der Waals surface area contributed by atoms with E-state index in [1.807, 2.05) is 0 Å². The minimum atomic E-state index is -0.295. The minimum absolute atomic E-state index is 0.202. The molecular weight excluding hydrogens is 186 g/mol. The first-order chi connectivity index (χ1) is 5.22. The van der Waals surface area contributed by atoms with Crippen molar-refractivity contribution in [3.63, 3.8) is 0 Å². The highest BCUT2D eigenvalue weighted by molar-refractivity contribution is 7.10. The Kier molecular flexibility index (Phi) is 2.84. The summed E-state index contributed by atoms with van der Waals surface area (Å²) in [6, 6.07) is 0. The third kappa shape index (κ3) is 2.48. The van der Waals surface area contributed by atoms with E-state index < -0.39 is 0 Å². The molecule has 1 aromatic rings. The van der Waals surface area contributed by atoms with Crippen LogP contribution in [0.2, 0.25) is 5.15 Å². The number of esters is 1. The molecule has 1 aromatic heterocycles. The van der Waals surface area contributed by atoms with Gasteiger partial charge in [0.2, 0.25) is 0 Å². The maximum Gasteiger partial charge on any atom is 0.312 e. The average Bonchev–Trinajstić information content (AvgIpc) is 2.35. The van der Waals surface area contributed by atoms with Crippen LogP contribution in [-0.4, -0.2) is 18.1 Å². The molecule has 0 saturated carbocycles. The van der Waals surface area contributed by atoms with E-state index in [1.165, 1.54) is 18.4 Å². The molecule has 3 nitrogen and oxygen atoms in total. The normalized spacial score (nSPS) is 9.64. The molecule has 0 atom stereocenters. The molecule has 0 aliphatic heterocycles. The molecule has 0 aliphatic carbocycles. The molecular formula is C6H6ClNO2S. The number of methoxy groups -OCH3 is 1. The standard InChI is InChI=1S/C6H6ClNO2S/c1-10-6(9)2-5-8-4(7)3-11-5/h3H,2H2,1H3. The number of hydrogen-bond acceptors (Lipinski definition) is 4. The van der Waals surface area contributed by atoms with E-state index in [0.717, 1.165) is 0 Å². The average molecular weight is 192 g/mol. The second kappa shape index (κ2) is 3.69. The van der Waals surface area contributed by atoms with E-state index in [0.29, 0.717) is 10.2 Å². The fourth-order valence-electron chi connectivity index (χ4n) is 0.565. The van der Waals surface area contributed by atoms with E-state index in [-0.39, 0.29) is 12.4 Å². The van der Waals surface area contributed by atoms with Crippen molar-refractivity contribution in [2.45, 2.75) is 6.42 Å².